The Bertz CT molecular complexity index is 278. The van der Waals surface area contributed by atoms with Crippen molar-refractivity contribution in [2.75, 3.05) is 0 Å². The summed E-state index contributed by atoms with van der Waals surface area (Å²) >= 11 is 0. The summed E-state index contributed by atoms with van der Waals surface area (Å²) in [5.74, 6) is 0. The number of hydrogen-bond acceptors (Lipinski definition) is 2. The molecule has 0 aromatic carbocycles. The molecule has 0 fully saturated rings. The zero-order valence-electron chi connectivity index (χ0n) is 7.49. The molecule has 66 valence electrons. The van der Waals surface area contributed by atoms with Crippen LogP contribution in [0, 0.1) is 0 Å². The predicted molar refractivity (Wildman–Crippen MR) is 47.7 cm³/mol. The molecule has 0 amide bonds. The molecular formula is C9H14N2O. The first-order valence-corrected chi connectivity index (χ1v) is 4.02. The molecule has 1 aromatic rings. The van der Waals surface area contributed by atoms with Gasteiger partial charge >= 0.3 is 0 Å². The molecule has 0 aliphatic carbocycles. The zero-order valence-corrected chi connectivity index (χ0v) is 7.49. The molecule has 1 unspecified atom stereocenters. The van der Waals surface area contributed by atoms with E-state index in [0.29, 0.717) is 0 Å². The number of hydrogen-bond donors (Lipinski definition) is 1. The third kappa shape index (κ3) is 1.56. The van der Waals surface area contributed by atoms with Crippen LogP contribution in [0.1, 0.15) is 24.4 Å². The van der Waals surface area contributed by atoms with E-state index in [1.807, 2.05) is 20.0 Å². The van der Waals surface area contributed by atoms with Crippen LogP contribution in [0.3, 0.4) is 0 Å². The van der Waals surface area contributed by atoms with Crippen LogP contribution in [0.5, 0.6) is 0 Å². The predicted octanol–water partition coefficient (Wildman–Crippen LogP) is 1.20. The average Bonchev–Trinajstić information content (AvgIpc) is 2.45. The van der Waals surface area contributed by atoms with Crippen molar-refractivity contribution >= 4 is 0 Å². The maximum absolute atomic E-state index is 9.44. The third-order valence-electron chi connectivity index (χ3n) is 1.86. The lowest BCUT2D eigenvalue weighted by atomic mass is 10.2. The molecule has 1 N–H and O–H groups in total. The van der Waals surface area contributed by atoms with E-state index in [2.05, 4.69) is 11.7 Å². The summed E-state index contributed by atoms with van der Waals surface area (Å²) in [6.45, 7) is 5.56. The number of aromatic nitrogens is 2. The van der Waals surface area contributed by atoms with Gasteiger partial charge in [0, 0.05) is 7.05 Å². The van der Waals surface area contributed by atoms with E-state index in [4.69, 9.17) is 0 Å². The highest BCUT2D eigenvalue weighted by Crippen LogP contribution is 2.14. The van der Waals surface area contributed by atoms with Gasteiger partial charge in [-0.3, -0.25) is 4.68 Å². The number of aryl methyl sites for hydroxylation is 2. The van der Waals surface area contributed by atoms with Crippen LogP contribution in [-0.2, 0) is 13.5 Å². The molecule has 1 atom stereocenters. The van der Waals surface area contributed by atoms with E-state index in [-0.39, 0.29) is 0 Å². The van der Waals surface area contributed by atoms with E-state index in [0.717, 1.165) is 17.8 Å². The maximum atomic E-state index is 9.44. The second kappa shape index (κ2) is 3.54. The number of aliphatic hydroxyl groups is 1. The van der Waals surface area contributed by atoms with E-state index in [9.17, 15) is 5.11 Å². The van der Waals surface area contributed by atoms with Gasteiger partial charge in [-0.1, -0.05) is 13.0 Å². The molecule has 3 heteroatoms. The molecule has 12 heavy (non-hydrogen) atoms. The molecule has 0 saturated carbocycles. The van der Waals surface area contributed by atoms with E-state index >= 15 is 0 Å². The lowest BCUT2D eigenvalue weighted by Gasteiger charge is -2.03. The maximum Gasteiger partial charge on any atom is 0.113 e. The molecule has 1 aromatic heterocycles. The van der Waals surface area contributed by atoms with Crippen LogP contribution in [0.4, 0.5) is 0 Å². The molecular weight excluding hydrogens is 152 g/mol. The third-order valence-corrected chi connectivity index (χ3v) is 1.86. The topological polar surface area (TPSA) is 38.1 Å². The van der Waals surface area contributed by atoms with Crippen molar-refractivity contribution < 1.29 is 5.11 Å². The Balaban J connectivity index is 2.98. The quantitative estimate of drug-likeness (QED) is 0.685. The Morgan fingerprint density at radius 3 is 2.92 bits per heavy atom. The van der Waals surface area contributed by atoms with Gasteiger partial charge < -0.3 is 5.11 Å². The van der Waals surface area contributed by atoms with Gasteiger partial charge in [0.25, 0.3) is 0 Å². The summed E-state index contributed by atoms with van der Waals surface area (Å²) in [5, 5.41) is 13.6. The molecule has 0 aliphatic heterocycles. The molecule has 3 nitrogen and oxygen atoms in total. The van der Waals surface area contributed by atoms with Gasteiger partial charge in [0.15, 0.2) is 0 Å². The first-order chi connectivity index (χ1) is 5.69. The van der Waals surface area contributed by atoms with Crippen molar-refractivity contribution in [3.8, 4) is 0 Å². The smallest absolute Gasteiger partial charge is 0.113 e. The highest BCUT2D eigenvalue weighted by Gasteiger charge is 2.09. The SMILES string of the molecule is C=CC(O)c1cc(CC)nn1C. The van der Waals surface area contributed by atoms with Crippen LogP contribution in [-0.4, -0.2) is 14.9 Å². The Morgan fingerprint density at radius 1 is 1.83 bits per heavy atom. The van der Waals surface area contributed by atoms with E-state index < -0.39 is 6.10 Å². The van der Waals surface area contributed by atoms with E-state index in [1.54, 1.807) is 4.68 Å². The van der Waals surface area contributed by atoms with Crippen molar-refractivity contribution in [1.82, 2.24) is 9.78 Å². The minimum absolute atomic E-state index is 0.609. The Hall–Kier alpha value is -1.09. The molecule has 0 saturated heterocycles. The van der Waals surface area contributed by atoms with Gasteiger partial charge in [0.2, 0.25) is 0 Å². The highest BCUT2D eigenvalue weighted by molar-refractivity contribution is 5.15. The number of aliphatic hydroxyl groups excluding tert-OH is 1. The lowest BCUT2D eigenvalue weighted by Crippen LogP contribution is -2.02. The molecule has 0 aliphatic rings. The Morgan fingerprint density at radius 2 is 2.50 bits per heavy atom. The summed E-state index contributed by atoms with van der Waals surface area (Å²) in [7, 11) is 1.82. The summed E-state index contributed by atoms with van der Waals surface area (Å²) < 4.78 is 1.69. The Kier molecular flexibility index (Phi) is 2.65. The largest absolute Gasteiger partial charge is 0.383 e. The van der Waals surface area contributed by atoms with Crippen LogP contribution >= 0.6 is 0 Å². The lowest BCUT2D eigenvalue weighted by molar-refractivity contribution is 0.218. The fourth-order valence-electron chi connectivity index (χ4n) is 1.11. The van der Waals surface area contributed by atoms with Crippen LogP contribution in [0.25, 0.3) is 0 Å². The van der Waals surface area contributed by atoms with Crippen LogP contribution in [0.15, 0.2) is 18.7 Å². The van der Waals surface area contributed by atoms with Crippen molar-refractivity contribution in [3.63, 3.8) is 0 Å². The van der Waals surface area contributed by atoms with Crippen molar-refractivity contribution in [3.05, 3.63) is 30.1 Å². The molecule has 0 spiro atoms. The second-order valence-corrected chi connectivity index (χ2v) is 2.72. The van der Waals surface area contributed by atoms with Gasteiger partial charge in [0.1, 0.15) is 6.10 Å². The Labute approximate surface area is 72.3 Å². The fraction of sp³-hybridized carbons (Fsp3) is 0.444. The summed E-state index contributed by atoms with van der Waals surface area (Å²) in [4.78, 5) is 0. The monoisotopic (exact) mass is 166 g/mol. The van der Waals surface area contributed by atoms with Gasteiger partial charge in [0.05, 0.1) is 11.4 Å². The van der Waals surface area contributed by atoms with Gasteiger partial charge in [-0.05, 0) is 12.5 Å². The van der Waals surface area contributed by atoms with Gasteiger partial charge in [-0.2, -0.15) is 5.10 Å². The normalized spacial score (nSPS) is 12.9. The molecule has 0 bridgehead atoms. The van der Waals surface area contributed by atoms with Crippen molar-refractivity contribution in [2.45, 2.75) is 19.4 Å². The van der Waals surface area contributed by atoms with E-state index in [1.165, 1.54) is 6.08 Å². The highest BCUT2D eigenvalue weighted by atomic mass is 16.3. The van der Waals surface area contributed by atoms with Gasteiger partial charge in [-0.25, -0.2) is 0 Å². The van der Waals surface area contributed by atoms with Gasteiger partial charge in [-0.15, -0.1) is 6.58 Å². The summed E-state index contributed by atoms with van der Waals surface area (Å²) in [6.07, 6.45) is 1.77. The van der Waals surface area contributed by atoms with Crippen molar-refractivity contribution in [1.29, 1.82) is 0 Å². The number of rotatable bonds is 3. The van der Waals surface area contributed by atoms with Crippen LogP contribution in [0.2, 0.25) is 0 Å². The summed E-state index contributed by atoms with van der Waals surface area (Å²) in [6, 6.07) is 1.90. The van der Waals surface area contributed by atoms with Crippen molar-refractivity contribution in [2.24, 2.45) is 7.05 Å². The second-order valence-electron chi connectivity index (χ2n) is 2.72. The van der Waals surface area contributed by atoms with Crippen LogP contribution < -0.4 is 0 Å². The number of nitrogens with zero attached hydrogens (tertiary/aromatic N) is 2. The minimum atomic E-state index is -0.609. The molecule has 0 radical (unpaired) electrons. The average molecular weight is 166 g/mol. The summed E-state index contributed by atoms with van der Waals surface area (Å²) in [5.41, 5.74) is 1.79. The first kappa shape index (κ1) is 9.00. The zero-order chi connectivity index (χ0) is 9.14. The first-order valence-electron chi connectivity index (χ1n) is 4.02. The fourth-order valence-corrected chi connectivity index (χ4v) is 1.11. The minimum Gasteiger partial charge on any atom is -0.383 e. The standard InChI is InChI=1S/C9H14N2O/c1-4-7-6-8(9(12)5-2)11(3)10-7/h5-6,9,12H,2,4H2,1,3H3. The molecule has 1 heterocycles. The molecule has 1 rings (SSSR count).